The van der Waals surface area contributed by atoms with E-state index in [-0.39, 0.29) is 6.04 Å². The fraction of sp³-hybridized carbons (Fsp3) is 0.933. The van der Waals surface area contributed by atoms with Crippen LogP contribution in [0.25, 0.3) is 0 Å². The minimum atomic E-state index is 0.0703. The van der Waals surface area contributed by atoms with E-state index in [4.69, 9.17) is 0 Å². The molecule has 0 radical (unpaired) electrons. The molecule has 1 aliphatic carbocycles. The molecule has 2 fully saturated rings. The van der Waals surface area contributed by atoms with Gasteiger partial charge in [0.15, 0.2) is 0 Å². The van der Waals surface area contributed by atoms with Gasteiger partial charge in [-0.2, -0.15) is 0 Å². The van der Waals surface area contributed by atoms with E-state index in [9.17, 15) is 4.79 Å². The van der Waals surface area contributed by atoms with Gasteiger partial charge in [0.25, 0.3) is 0 Å². The molecular formula is C15H28N2O. The number of rotatable bonds is 4. The van der Waals surface area contributed by atoms with Gasteiger partial charge in [0.1, 0.15) is 0 Å². The normalized spacial score (nSPS) is 37.3. The van der Waals surface area contributed by atoms with Crippen molar-refractivity contribution in [3.63, 3.8) is 0 Å². The lowest BCUT2D eigenvalue weighted by molar-refractivity contribution is -0.133. The maximum atomic E-state index is 12.5. The molecule has 0 bridgehead atoms. The standard InChI is InChI=1S/C15H28N2O/c1-4-6-14-16-13(5-2)15(18)17(14)12-9-7-11(3)8-10-12/h11-14,16H,4-10H2,1-3H3. The van der Waals surface area contributed by atoms with E-state index < -0.39 is 0 Å². The quantitative estimate of drug-likeness (QED) is 0.834. The van der Waals surface area contributed by atoms with E-state index >= 15 is 0 Å². The number of nitrogens with zero attached hydrogens (tertiary/aromatic N) is 1. The summed E-state index contributed by atoms with van der Waals surface area (Å²) in [5.41, 5.74) is 0. The predicted octanol–water partition coefficient (Wildman–Crippen LogP) is 2.90. The Morgan fingerprint density at radius 1 is 1.22 bits per heavy atom. The van der Waals surface area contributed by atoms with Gasteiger partial charge >= 0.3 is 0 Å². The zero-order valence-corrected chi connectivity index (χ0v) is 12.1. The first-order valence-electron chi connectivity index (χ1n) is 7.75. The molecule has 1 saturated carbocycles. The average Bonchev–Trinajstić information content (AvgIpc) is 2.68. The van der Waals surface area contributed by atoms with Crippen molar-refractivity contribution in [2.45, 2.75) is 84.0 Å². The summed E-state index contributed by atoms with van der Waals surface area (Å²) in [5.74, 6) is 1.20. The van der Waals surface area contributed by atoms with Gasteiger partial charge < -0.3 is 4.90 Å². The fourth-order valence-electron chi connectivity index (χ4n) is 3.46. The van der Waals surface area contributed by atoms with E-state index in [1.54, 1.807) is 0 Å². The summed E-state index contributed by atoms with van der Waals surface area (Å²) in [6.07, 6.45) is 8.41. The van der Waals surface area contributed by atoms with Gasteiger partial charge in [-0.15, -0.1) is 0 Å². The first-order chi connectivity index (χ1) is 8.67. The van der Waals surface area contributed by atoms with E-state index in [0.717, 1.165) is 25.2 Å². The zero-order valence-electron chi connectivity index (χ0n) is 12.1. The molecule has 0 aromatic heterocycles. The van der Waals surface area contributed by atoms with E-state index in [0.29, 0.717) is 18.1 Å². The highest BCUT2D eigenvalue weighted by Gasteiger charge is 2.41. The molecule has 3 heteroatoms. The molecule has 0 aromatic carbocycles. The number of hydrogen-bond acceptors (Lipinski definition) is 2. The molecule has 3 nitrogen and oxygen atoms in total. The van der Waals surface area contributed by atoms with Gasteiger partial charge in [-0.3, -0.25) is 10.1 Å². The van der Waals surface area contributed by atoms with Crippen LogP contribution < -0.4 is 5.32 Å². The average molecular weight is 252 g/mol. The Morgan fingerprint density at radius 3 is 2.44 bits per heavy atom. The van der Waals surface area contributed by atoms with Gasteiger partial charge in [-0.05, 0) is 44.4 Å². The van der Waals surface area contributed by atoms with Gasteiger partial charge in [-0.25, -0.2) is 0 Å². The summed E-state index contributed by atoms with van der Waals surface area (Å²) >= 11 is 0. The molecular weight excluding hydrogens is 224 g/mol. The summed E-state index contributed by atoms with van der Waals surface area (Å²) in [5, 5.41) is 3.53. The van der Waals surface area contributed by atoms with Crippen LogP contribution in [0.3, 0.4) is 0 Å². The number of carbonyl (C=O) groups is 1. The van der Waals surface area contributed by atoms with Crippen molar-refractivity contribution < 1.29 is 4.79 Å². The van der Waals surface area contributed by atoms with Crippen molar-refractivity contribution >= 4 is 5.91 Å². The Bertz CT molecular complexity index is 284. The van der Waals surface area contributed by atoms with Crippen LogP contribution in [0.4, 0.5) is 0 Å². The third kappa shape index (κ3) is 2.71. The number of carbonyl (C=O) groups excluding carboxylic acids is 1. The molecule has 1 aliphatic heterocycles. The highest BCUT2D eigenvalue weighted by Crippen LogP contribution is 2.31. The molecule has 1 N–H and O–H groups in total. The summed E-state index contributed by atoms with van der Waals surface area (Å²) in [7, 11) is 0. The lowest BCUT2D eigenvalue weighted by Crippen LogP contribution is -2.46. The van der Waals surface area contributed by atoms with Crippen molar-refractivity contribution in [1.29, 1.82) is 0 Å². The number of amides is 1. The van der Waals surface area contributed by atoms with Crippen molar-refractivity contribution in [2.75, 3.05) is 0 Å². The predicted molar refractivity (Wildman–Crippen MR) is 74.2 cm³/mol. The second-order valence-electron chi connectivity index (χ2n) is 6.09. The highest BCUT2D eigenvalue weighted by atomic mass is 16.2. The summed E-state index contributed by atoms with van der Waals surface area (Å²) in [6, 6.07) is 0.565. The molecule has 2 unspecified atom stereocenters. The smallest absolute Gasteiger partial charge is 0.241 e. The van der Waals surface area contributed by atoms with E-state index in [1.807, 2.05) is 0 Å². The van der Waals surface area contributed by atoms with Crippen molar-refractivity contribution in [3.05, 3.63) is 0 Å². The third-order valence-electron chi connectivity index (χ3n) is 4.63. The van der Waals surface area contributed by atoms with Crippen LogP contribution in [0.5, 0.6) is 0 Å². The van der Waals surface area contributed by atoms with Crippen LogP contribution in [0.15, 0.2) is 0 Å². The van der Waals surface area contributed by atoms with Crippen LogP contribution in [0.1, 0.15) is 65.7 Å². The minimum Gasteiger partial charge on any atom is -0.323 e. The Kier molecular flexibility index (Phi) is 4.66. The highest BCUT2D eigenvalue weighted by molar-refractivity contribution is 5.84. The number of hydrogen-bond donors (Lipinski definition) is 1. The summed E-state index contributed by atoms with van der Waals surface area (Å²) in [6.45, 7) is 6.64. The number of nitrogens with one attached hydrogen (secondary N) is 1. The van der Waals surface area contributed by atoms with Crippen LogP contribution in [-0.2, 0) is 4.79 Å². The van der Waals surface area contributed by atoms with Crippen LogP contribution in [0, 0.1) is 5.92 Å². The van der Waals surface area contributed by atoms with Gasteiger partial charge in [0.05, 0.1) is 12.2 Å². The molecule has 18 heavy (non-hydrogen) atoms. The zero-order chi connectivity index (χ0) is 13.1. The maximum Gasteiger partial charge on any atom is 0.241 e. The van der Waals surface area contributed by atoms with E-state index in [2.05, 4.69) is 31.0 Å². The van der Waals surface area contributed by atoms with Gasteiger partial charge in [-0.1, -0.05) is 27.2 Å². The minimum absolute atomic E-state index is 0.0703. The topological polar surface area (TPSA) is 32.3 Å². The monoisotopic (exact) mass is 252 g/mol. The summed E-state index contributed by atoms with van der Waals surface area (Å²) in [4.78, 5) is 14.7. The van der Waals surface area contributed by atoms with Crippen molar-refractivity contribution in [2.24, 2.45) is 5.92 Å². The molecule has 1 amide bonds. The molecule has 0 aromatic rings. The molecule has 2 atom stereocenters. The second kappa shape index (κ2) is 6.05. The SMILES string of the molecule is CCCC1NC(CC)C(=O)N1C1CCC(C)CC1. The van der Waals surface area contributed by atoms with E-state index in [1.165, 1.54) is 25.7 Å². The molecule has 1 heterocycles. The Labute approximate surface area is 111 Å². The van der Waals surface area contributed by atoms with Crippen molar-refractivity contribution in [3.8, 4) is 0 Å². The van der Waals surface area contributed by atoms with Gasteiger partial charge in [0, 0.05) is 6.04 Å². The van der Waals surface area contributed by atoms with Crippen LogP contribution in [0.2, 0.25) is 0 Å². The van der Waals surface area contributed by atoms with Gasteiger partial charge in [0.2, 0.25) is 5.91 Å². The van der Waals surface area contributed by atoms with Crippen LogP contribution in [-0.4, -0.2) is 29.1 Å². The van der Waals surface area contributed by atoms with Crippen molar-refractivity contribution in [1.82, 2.24) is 10.2 Å². The lowest BCUT2D eigenvalue weighted by Gasteiger charge is -2.37. The summed E-state index contributed by atoms with van der Waals surface area (Å²) < 4.78 is 0. The Morgan fingerprint density at radius 2 is 1.89 bits per heavy atom. The largest absolute Gasteiger partial charge is 0.323 e. The molecule has 2 rings (SSSR count). The first kappa shape index (κ1) is 13.9. The first-order valence-corrected chi connectivity index (χ1v) is 7.75. The molecule has 1 saturated heterocycles. The molecule has 104 valence electrons. The second-order valence-corrected chi connectivity index (χ2v) is 6.09. The van der Waals surface area contributed by atoms with Crippen LogP contribution >= 0.6 is 0 Å². The lowest BCUT2D eigenvalue weighted by atomic mass is 9.86. The Balaban J connectivity index is 2.05. The third-order valence-corrected chi connectivity index (χ3v) is 4.63. The maximum absolute atomic E-state index is 12.5. The molecule has 2 aliphatic rings. The molecule has 0 spiro atoms. The Hall–Kier alpha value is -0.570. The fourth-order valence-corrected chi connectivity index (χ4v) is 3.46.